The molecule has 9 heteroatoms. The normalized spacial score (nSPS) is 10.5. The van der Waals surface area contributed by atoms with Crippen molar-refractivity contribution in [3.05, 3.63) is 63.5 Å². The molecule has 0 fully saturated rings. The summed E-state index contributed by atoms with van der Waals surface area (Å²) in [5.74, 6) is -2.05. The molecule has 0 aromatic heterocycles. The van der Waals surface area contributed by atoms with Gasteiger partial charge in [-0.2, -0.15) is 8.78 Å². The second-order valence-electron chi connectivity index (χ2n) is 4.73. The van der Waals surface area contributed by atoms with Crippen molar-refractivity contribution in [3.8, 4) is 5.75 Å². The number of halogens is 3. The second-order valence-corrected chi connectivity index (χ2v) is 4.73. The zero-order chi connectivity index (χ0) is 17.9. The number of nitro benzene ring substituents is 1. The molecule has 1 amide bonds. The summed E-state index contributed by atoms with van der Waals surface area (Å²) in [7, 11) is 0. The van der Waals surface area contributed by atoms with E-state index in [0.29, 0.717) is 5.56 Å². The first kappa shape index (κ1) is 17.3. The average molecular weight is 340 g/mol. The van der Waals surface area contributed by atoms with Crippen LogP contribution in [-0.4, -0.2) is 17.4 Å². The first-order valence-corrected chi connectivity index (χ1v) is 6.58. The maximum Gasteiger partial charge on any atom is 0.387 e. The summed E-state index contributed by atoms with van der Waals surface area (Å²) in [6, 6.07) is 6.49. The molecule has 0 unspecified atom stereocenters. The maximum atomic E-state index is 13.5. The Morgan fingerprint density at radius 3 is 2.54 bits per heavy atom. The lowest BCUT2D eigenvalue weighted by Crippen LogP contribution is -2.15. The molecule has 0 saturated carbocycles. The number of nitrogens with zero attached hydrogens (tertiary/aromatic N) is 1. The van der Waals surface area contributed by atoms with Gasteiger partial charge in [0, 0.05) is 17.8 Å². The van der Waals surface area contributed by atoms with Crippen molar-refractivity contribution in [3.63, 3.8) is 0 Å². The SMILES string of the molecule is Cc1ccc(NC(=O)c2cc([N+](=O)[O-])ccc2OC(F)F)cc1F. The molecule has 24 heavy (non-hydrogen) atoms. The lowest BCUT2D eigenvalue weighted by atomic mass is 10.1. The first-order valence-electron chi connectivity index (χ1n) is 6.58. The van der Waals surface area contributed by atoms with E-state index in [0.717, 1.165) is 24.3 Å². The molecule has 0 aliphatic carbocycles. The van der Waals surface area contributed by atoms with E-state index in [9.17, 15) is 28.1 Å². The molecule has 0 radical (unpaired) electrons. The summed E-state index contributed by atoms with van der Waals surface area (Å²) in [6.45, 7) is -1.69. The van der Waals surface area contributed by atoms with Crippen LogP contribution in [0.25, 0.3) is 0 Å². The van der Waals surface area contributed by atoms with Gasteiger partial charge in [0.1, 0.15) is 11.6 Å². The van der Waals surface area contributed by atoms with Gasteiger partial charge in [-0.05, 0) is 30.7 Å². The number of alkyl halides is 2. The van der Waals surface area contributed by atoms with Gasteiger partial charge in [-0.3, -0.25) is 14.9 Å². The van der Waals surface area contributed by atoms with Crippen LogP contribution in [0.5, 0.6) is 5.75 Å². The second kappa shape index (κ2) is 6.99. The van der Waals surface area contributed by atoms with Crippen molar-refractivity contribution in [2.45, 2.75) is 13.5 Å². The van der Waals surface area contributed by atoms with Gasteiger partial charge >= 0.3 is 6.61 Å². The van der Waals surface area contributed by atoms with E-state index < -0.39 is 40.3 Å². The third-order valence-corrected chi connectivity index (χ3v) is 3.06. The van der Waals surface area contributed by atoms with Gasteiger partial charge in [-0.15, -0.1) is 0 Å². The Morgan fingerprint density at radius 1 is 1.25 bits per heavy atom. The van der Waals surface area contributed by atoms with E-state index in [-0.39, 0.29) is 5.69 Å². The monoisotopic (exact) mass is 340 g/mol. The van der Waals surface area contributed by atoms with Crippen molar-refractivity contribution in [1.82, 2.24) is 0 Å². The van der Waals surface area contributed by atoms with Crippen LogP contribution in [0.3, 0.4) is 0 Å². The van der Waals surface area contributed by atoms with Gasteiger partial charge in [-0.25, -0.2) is 4.39 Å². The number of carbonyl (C=O) groups is 1. The Labute approximate surface area is 134 Å². The molecule has 6 nitrogen and oxygen atoms in total. The zero-order valence-electron chi connectivity index (χ0n) is 12.3. The first-order chi connectivity index (χ1) is 11.3. The van der Waals surface area contributed by atoms with E-state index in [2.05, 4.69) is 10.1 Å². The molecule has 126 valence electrons. The number of benzene rings is 2. The number of rotatable bonds is 5. The molecule has 2 aromatic carbocycles. The van der Waals surface area contributed by atoms with Crippen molar-refractivity contribution >= 4 is 17.3 Å². The minimum absolute atomic E-state index is 0.0672. The lowest BCUT2D eigenvalue weighted by Gasteiger charge is -2.11. The molecule has 0 atom stereocenters. The van der Waals surface area contributed by atoms with Crippen LogP contribution in [0.1, 0.15) is 15.9 Å². The van der Waals surface area contributed by atoms with Crippen LogP contribution >= 0.6 is 0 Å². The molecular weight excluding hydrogens is 329 g/mol. The highest BCUT2D eigenvalue weighted by atomic mass is 19.3. The highest BCUT2D eigenvalue weighted by Gasteiger charge is 2.20. The summed E-state index contributed by atoms with van der Waals surface area (Å²) < 4.78 is 42.5. The number of anilines is 1. The van der Waals surface area contributed by atoms with Crippen molar-refractivity contribution in [2.24, 2.45) is 0 Å². The minimum Gasteiger partial charge on any atom is -0.434 e. The van der Waals surface area contributed by atoms with E-state index in [1.807, 2.05) is 0 Å². The van der Waals surface area contributed by atoms with Crippen LogP contribution in [0, 0.1) is 22.9 Å². The van der Waals surface area contributed by atoms with Gasteiger partial charge in [0.25, 0.3) is 11.6 Å². The third-order valence-electron chi connectivity index (χ3n) is 3.06. The van der Waals surface area contributed by atoms with Crippen molar-refractivity contribution in [2.75, 3.05) is 5.32 Å². The number of hydrogen-bond donors (Lipinski definition) is 1. The summed E-state index contributed by atoms with van der Waals surface area (Å²) in [5.41, 5.74) is -0.523. The fourth-order valence-electron chi connectivity index (χ4n) is 1.88. The fourth-order valence-corrected chi connectivity index (χ4v) is 1.88. The molecule has 0 bridgehead atoms. The standard InChI is InChI=1S/C15H11F3N2O4/c1-8-2-3-9(6-12(8)16)19-14(21)11-7-10(20(22)23)4-5-13(11)24-15(17)18/h2-7,15H,1H3,(H,19,21). The average Bonchev–Trinajstić information content (AvgIpc) is 2.50. The van der Waals surface area contributed by atoms with Crippen LogP contribution in [0.4, 0.5) is 24.5 Å². The van der Waals surface area contributed by atoms with Crippen LogP contribution in [-0.2, 0) is 0 Å². The van der Waals surface area contributed by atoms with Gasteiger partial charge in [0.15, 0.2) is 0 Å². The van der Waals surface area contributed by atoms with Gasteiger partial charge in [0.2, 0.25) is 0 Å². The third kappa shape index (κ3) is 4.00. The van der Waals surface area contributed by atoms with E-state index >= 15 is 0 Å². The highest BCUT2D eigenvalue weighted by Crippen LogP contribution is 2.27. The Kier molecular flexibility index (Phi) is 5.02. The topological polar surface area (TPSA) is 81.5 Å². The summed E-state index contributed by atoms with van der Waals surface area (Å²) in [4.78, 5) is 22.2. The Balaban J connectivity index is 2.36. The molecule has 0 heterocycles. The Hall–Kier alpha value is -3.10. The number of ether oxygens (including phenoxy) is 1. The van der Waals surface area contributed by atoms with Gasteiger partial charge in [-0.1, -0.05) is 6.07 Å². The number of hydrogen-bond acceptors (Lipinski definition) is 4. The number of non-ortho nitro benzene ring substituents is 1. The Bertz CT molecular complexity index is 796. The fraction of sp³-hybridized carbons (Fsp3) is 0.133. The van der Waals surface area contributed by atoms with Crippen molar-refractivity contribution < 1.29 is 27.6 Å². The predicted octanol–water partition coefficient (Wildman–Crippen LogP) is 3.90. The number of nitrogens with one attached hydrogen (secondary N) is 1. The molecule has 2 rings (SSSR count). The quantitative estimate of drug-likeness (QED) is 0.661. The summed E-state index contributed by atoms with van der Waals surface area (Å²) >= 11 is 0. The van der Waals surface area contributed by atoms with E-state index in [4.69, 9.17) is 0 Å². The molecule has 0 aliphatic rings. The van der Waals surface area contributed by atoms with Gasteiger partial charge < -0.3 is 10.1 Å². The molecular formula is C15H11F3N2O4. The van der Waals surface area contributed by atoms with Crippen LogP contribution in [0.2, 0.25) is 0 Å². The van der Waals surface area contributed by atoms with Crippen LogP contribution in [0.15, 0.2) is 36.4 Å². The van der Waals surface area contributed by atoms with Gasteiger partial charge in [0.05, 0.1) is 10.5 Å². The predicted molar refractivity (Wildman–Crippen MR) is 78.8 cm³/mol. The molecule has 0 saturated heterocycles. The molecule has 0 aliphatic heterocycles. The number of aryl methyl sites for hydroxylation is 1. The molecule has 0 spiro atoms. The largest absolute Gasteiger partial charge is 0.434 e. The lowest BCUT2D eigenvalue weighted by molar-refractivity contribution is -0.384. The van der Waals surface area contributed by atoms with Crippen molar-refractivity contribution in [1.29, 1.82) is 0 Å². The number of nitro groups is 1. The van der Waals surface area contributed by atoms with E-state index in [1.54, 1.807) is 0 Å². The van der Waals surface area contributed by atoms with E-state index in [1.165, 1.54) is 19.1 Å². The maximum absolute atomic E-state index is 13.5. The molecule has 1 N–H and O–H groups in total. The molecule has 2 aromatic rings. The zero-order valence-corrected chi connectivity index (χ0v) is 12.3. The summed E-state index contributed by atoms with van der Waals surface area (Å²) in [6.07, 6.45) is 0. The number of amides is 1. The minimum atomic E-state index is -3.21. The number of carbonyl (C=O) groups excluding carboxylic acids is 1. The highest BCUT2D eigenvalue weighted by molar-refractivity contribution is 6.06. The Morgan fingerprint density at radius 2 is 1.96 bits per heavy atom. The summed E-state index contributed by atoms with van der Waals surface area (Å²) in [5, 5.41) is 13.1. The smallest absolute Gasteiger partial charge is 0.387 e. The van der Waals surface area contributed by atoms with Crippen LogP contribution < -0.4 is 10.1 Å².